The van der Waals surface area contributed by atoms with E-state index in [1.807, 2.05) is 6.20 Å². The molecule has 4 heteroatoms. The van der Waals surface area contributed by atoms with Crippen LogP contribution in [0.15, 0.2) is 6.20 Å². The minimum Gasteiger partial charge on any atom is -0.346 e. The molecule has 3 atom stereocenters. The van der Waals surface area contributed by atoms with Crippen molar-refractivity contribution < 1.29 is 4.79 Å². The Balaban J connectivity index is 1.70. The smallest absolute Gasteiger partial charge is 0.223 e. The zero-order chi connectivity index (χ0) is 12.0. The monoisotopic (exact) mass is 250 g/mol. The van der Waals surface area contributed by atoms with Crippen LogP contribution in [0.3, 0.4) is 0 Å². The number of hydrogen-bond acceptors (Lipinski definition) is 3. The molecular weight excluding hydrogens is 232 g/mol. The van der Waals surface area contributed by atoms with Gasteiger partial charge in [0.25, 0.3) is 0 Å². The maximum absolute atomic E-state index is 12.0. The van der Waals surface area contributed by atoms with Crippen molar-refractivity contribution in [2.75, 3.05) is 0 Å². The zero-order valence-corrected chi connectivity index (χ0v) is 11.1. The molecule has 2 aliphatic carbocycles. The molecule has 1 aromatic heterocycles. The summed E-state index contributed by atoms with van der Waals surface area (Å²) in [5, 5.41) is 4.30. The average molecular weight is 250 g/mol. The van der Waals surface area contributed by atoms with E-state index in [0.29, 0.717) is 11.8 Å². The predicted octanol–water partition coefficient (Wildman–Crippen LogP) is 2.67. The lowest BCUT2D eigenvalue weighted by Gasteiger charge is -2.15. The Hall–Kier alpha value is -0.900. The van der Waals surface area contributed by atoms with E-state index in [1.165, 1.54) is 17.7 Å². The van der Waals surface area contributed by atoms with E-state index in [4.69, 9.17) is 0 Å². The van der Waals surface area contributed by atoms with E-state index in [9.17, 15) is 4.79 Å². The van der Waals surface area contributed by atoms with Crippen molar-refractivity contribution in [1.82, 2.24) is 10.3 Å². The summed E-state index contributed by atoms with van der Waals surface area (Å²) in [6, 6.07) is 0.175. The van der Waals surface area contributed by atoms with Crippen LogP contribution >= 0.6 is 11.3 Å². The number of nitrogens with one attached hydrogen (secondary N) is 1. The fourth-order valence-electron chi connectivity index (χ4n) is 2.27. The molecule has 1 heterocycles. The van der Waals surface area contributed by atoms with Crippen LogP contribution in [0.1, 0.15) is 42.1 Å². The molecule has 2 saturated carbocycles. The van der Waals surface area contributed by atoms with Crippen molar-refractivity contribution in [1.29, 1.82) is 0 Å². The normalized spacial score (nSPS) is 28.8. The van der Waals surface area contributed by atoms with Gasteiger partial charge in [0, 0.05) is 17.0 Å². The van der Waals surface area contributed by atoms with Gasteiger partial charge in [-0.1, -0.05) is 6.92 Å². The van der Waals surface area contributed by atoms with Crippen LogP contribution in [0.5, 0.6) is 0 Å². The van der Waals surface area contributed by atoms with Crippen LogP contribution in [-0.2, 0) is 4.79 Å². The first kappa shape index (κ1) is 11.2. The van der Waals surface area contributed by atoms with Crippen LogP contribution in [-0.4, -0.2) is 10.9 Å². The van der Waals surface area contributed by atoms with Crippen LogP contribution in [0.4, 0.5) is 0 Å². The van der Waals surface area contributed by atoms with Gasteiger partial charge in [-0.05, 0) is 38.0 Å². The lowest BCUT2D eigenvalue weighted by Crippen LogP contribution is -2.31. The topological polar surface area (TPSA) is 42.0 Å². The first-order valence-corrected chi connectivity index (χ1v) is 7.19. The lowest BCUT2D eigenvalue weighted by atomic mass is 10.2. The summed E-state index contributed by atoms with van der Waals surface area (Å²) in [6.45, 7) is 4.21. The second kappa shape index (κ2) is 4.09. The molecule has 1 amide bonds. The molecule has 17 heavy (non-hydrogen) atoms. The highest BCUT2D eigenvalue weighted by Gasteiger charge is 2.42. The first-order valence-electron chi connectivity index (χ1n) is 6.38. The zero-order valence-electron chi connectivity index (χ0n) is 10.3. The summed E-state index contributed by atoms with van der Waals surface area (Å²) >= 11 is 1.71. The molecule has 92 valence electrons. The molecule has 0 aromatic carbocycles. The van der Waals surface area contributed by atoms with E-state index >= 15 is 0 Å². The summed E-state index contributed by atoms with van der Waals surface area (Å²) in [7, 11) is 0. The molecule has 0 bridgehead atoms. The summed E-state index contributed by atoms with van der Waals surface area (Å²) in [5.74, 6) is 1.70. The maximum atomic E-state index is 12.0. The number of hydrogen-bond donors (Lipinski definition) is 1. The summed E-state index contributed by atoms with van der Waals surface area (Å²) in [5.41, 5.74) is 0. The molecule has 3 nitrogen and oxygen atoms in total. The van der Waals surface area contributed by atoms with Crippen molar-refractivity contribution in [2.24, 2.45) is 17.8 Å². The molecule has 2 fully saturated rings. The Morgan fingerprint density at radius 2 is 2.29 bits per heavy atom. The van der Waals surface area contributed by atoms with Gasteiger partial charge in [-0.3, -0.25) is 4.79 Å². The third kappa shape index (κ3) is 2.37. The summed E-state index contributed by atoms with van der Waals surface area (Å²) in [4.78, 5) is 17.7. The molecule has 3 rings (SSSR count). The number of nitrogens with zero attached hydrogens (tertiary/aromatic N) is 1. The fourth-order valence-corrected chi connectivity index (χ4v) is 3.19. The van der Waals surface area contributed by atoms with Crippen LogP contribution in [0, 0.1) is 24.7 Å². The SMILES string of the molecule is Cc1cnc([C@H](NC(=O)[C@H]2C[C@H]2C)C2CC2)s1. The van der Waals surface area contributed by atoms with Gasteiger partial charge < -0.3 is 5.32 Å². The van der Waals surface area contributed by atoms with Gasteiger partial charge in [0.2, 0.25) is 5.91 Å². The van der Waals surface area contributed by atoms with Gasteiger partial charge in [0.05, 0.1) is 6.04 Å². The maximum Gasteiger partial charge on any atom is 0.223 e. The number of carbonyl (C=O) groups is 1. The highest BCUT2D eigenvalue weighted by molar-refractivity contribution is 7.11. The molecule has 2 aliphatic rings. The van der Waals surface area contributed by atoms with Crippen LogP contribution in [0.25, 0.3) is 0 Å². The minimum absolute atomic E-state index is 0.175. The van der Waals surface area contributed by atoms with Gasteiger partial charge in [-0.15, -0.1) is 11.3 Å². The van der Waals surface area contributed by atoms with E-state index < -0.39 is 0 Å². The van der Waals surface area contributed by atoms with Gasteiger partial charge in [0.15, 0.2) is 0 Å². The Morgan fingerprint density at radius 3 is 2.76 bits per heavy atom. The van der Waals surface area contributed by atoms with E-state index in [1.54, 1.807) is 11.3 Å². The standard InChI is InChI=1S/C13H18N2OS/c1-7-5-10(7)12(16)15-11(9-3-4-9)13-14-6-8(2)17-13/h6-7,9-11H,3-5H2,1-2H3,(H,15,16)/t7-,10+,11-/m1/s1. The minimum atomic E-state index is 0.175. The Bertz CT molecular complexity index is 438. The average Bonchev–Trinajstić information content (AvgIpc) is 3.18. The lowest BCUT2D eigenvalue weighted by molar-refractivity contribution is -0.123. The van der Waals surface area contributed by atoms with Gasteiger partial charge in [-0.2, -0.15) is 0 Å². The first-order chi connectivity index (χ1) is 8.15. The molecule has 0 radical (unpaired) electrons. The van der Waals surface area contributed by atoms with Gasteiger partial charge in [0.1, 0.15) is 5.01 Å². The molecule has 1 N–H and O–H groups in total. The molecule has 0 spiro atoms. The van der Waals surface area contributed by atoms with E-state index in [-0.39, 0.29) is 17.9 Å². The van der Waals surface area contributed by atoms with Gasteiger partial charge in [-0.25, -0.2) is 4.98 Å². The predicted molar refractivity (Wildman–Crippen MR) is 67.7 cm³/mol. The second-order valence-corrected chi connectivity index (χ2v) is 6.72. The van der Waals surface area contributed by atoms with Crippen molar-refractivity contribution in [3.8, 4) is 0 Å². The largest absolute Gasteiger partial charge is 0.346 e. The molecule has 0 unspecified atom stereocenters. The highest BCUT2D eigenvalue weighted by Crippen LogP contribution is 2.44. The van der Waals surface area contributed by atoms with E-state index in [2.05, 4.69) is 24.1 Å². The van der Waals surface area contributed by atoms with Crippen molar-refractivity contribution in [2.45, 2.75) is 39.2 Å². The highest BCUT2D eigenvalue weighted by atomic mass is 32.1. The summed E-state index contributed by atoms with van der Waals surface area (Å²) in [6.07, 6.45) is 5.41. The number of amides is 1. The number of rotatable bonds is 4. The number of aromatic nitrogens is 1. The fraction of sp³-hybridized carbons (Fsp3) is 0.692. The summed E-state index contributed by atoms with van der Waals surface area (Å²) < 4.78 is 0. The number of aryl methyl sites for hydroxylation is 1. The van der Waals surface area contributed by atoms with Crippen molar-refractivity contribution in [3.05, 3.63) is 16.1 Å². The second-order valence-electron chi connectivity index (χ2n) is 5.45. The quantitative estimate of drug-likeness (QED) is 0.892. The molecule has 1 aromatic rings. The molecule has 0 saturated heterocycles. The van der Waals surface area contributed by atoms with Crippen molar-refractivity contribution >= 4 is 17.2 Å². The van der Waals surface area contributed by atoms with Crippen LogP contribution in [0.2, 0.25) is 0 Å². The Labute approximate surface area is 106 Å². The number of carbonyl (C=O) groups excluding carboxylic acids is 1. The van der Waals surface area contributed by atoms with Crippen molar-refractivity contribution in [3.63, 3.8) is 0 Å². The number of thiazole rings is 1. The molecule has 0 aliphatic heterocycles. The van der Waals surface area contributed by atoms with Gasteiger partial charge >= 0.3 is 0 Å². The Morgan fingerprint density at radius 1 is 1.59 bits per heavy atom. The third-order valence-corrected chi connectivity index (χ3v) is 4.74. The van der Waals surface area contributed by atoms with E-state index in [0.717, 1.165) is 11.4 Å². The third-order valence-electron chi connectivity index (χ3n) is 3.74. The molecular formula is C13H18N2OS. The Kier molecular flexibility index (Phi) is 2.69. The van der Waals surface area contributed by atoms with Crippen LogP contribution < -0.4 is 5.32 Å².